The number of hydrogen-bond acceptors (Lipinski definition) is 7. The molecule has 112 valence electrons. The maximum Gasteiger partial charge on any atom is 0.353 e. The molecule has 0 aliphatic rings. The Hall–Kier alpha value is -1.96. The van der Waals surface area contributed by atoms with Crippen LogP contribution in [0.2, 0.25) is 0 Å². The minimum atomic E-state index is -0.469. The van der Waals surface area contributed by atoms with E-state index in [0.717, 1.165) is 0 Å². The normalized spacial score (nSPS) is 11.5. The van der Waals surface area contributed by atoms with Gasteiger partial charge in [0.25, 0.3) is 0 Å². The summed E-state index contributed by atoms with van der Waals surface area (Å²) in [4.78, 5) is 20.7. The number of likely N-dealkylation sites (N-methyl/N-ethyl adjacent to an activating group) is 1. The maximum absolute atomic E-state index is 11.2. The lowest BCUT2D eigenvalue weighted by atomic mass is 10.0. The number of anilines is 2. The van der Waals surface area contributed by atoms with Gasteiger partial charge in [-0.2, -0.15) is 0 Å². The Balaban J connectivity index is 3.00. The number of nitro groups is 1. The van der Waals surface area contributed by atoms with E-state index in [0.29, 0.717) is 13.1 Å². The molecule has 0 amide bonds. The molecule has 0 aliphatic heterocycles. The van der Waals surface area contributed by atoms with Crippen LogP contribution in [0.1, 0.15) is 20.8 Å². The first-order valence-electron chi connectivity index (χ1n) is 6.44. The first-order valence-corrected chi connectivity index (χ1v) is 6.44. The minimum absolute atomic E-state index is 0.121. The lowest BCUT2D eigenvalue weighted by molar-refractivity contribution is -0.383. The van der Waals surface area contributed by atoms with E-state index >= 15 is 0 Å². The SMILES string of the molecule is CCNc1ncnc(NCC(C)(C)N(C)C)c1[N+](=O)[O-]. The highest BCUT2D eigenvalue weighted by Crippen LogP contribution is 2.29. The Morgan fingerprint density at radius 3 is 2.30 bits per heavy atom. The predicted octanol–water partition coefficient (Wildman–Crippen LogP) is 1.57. The van der Waals surface area contributed by atoms with Crippen LogP contribution < -0.4 is 10.6 Å². The monoisotopic (exact) mass is 282 g/mol. The molecular weight excluding hydrogens is 260 g/mol. The van der Waals surface area contributed by atoms with Gasteiger partial charge in [0.1, 0.15) is 6.33 Å². The lowest BCUT2D eigenvalue weighted by Gasteiger charge is -2.32. The van der Waals surface area contributed by atoms with Crippen molar-refractivity contribution in [3.63, 3.8) is 0 Å². The van der Waals surface area contributed by atoms with E-state index < -0.39 is 4.92 Å². The van der Waals surface area contributed by atoms with Gasteiger partial charge in [0.15, 0.2) is 0 Å². The van der Waals surface area contributed by atoms with Crippen LogP contribution in [-0.4, -0.2) is 52.5 Å². The molecule has 8 nitrogen and oxygen atoms in total. The van der Waals surface area contributed by atoms with Gasteiger partial charge in [-0.3, -0.25) is 10.1 Å². The van der Waals surface area contributed by atoms with Gasteiger partial charge >= 0.3 is 5.69 Å². The summed E-state index contributed by atoms with van der Waals surface area (Å²) < 4.78 is 0. The quantitative estimate of drug-likeness (QED) is 0.578. The summed E-state index contributed by atoms with van der Waals surface area (Å²) in [7, 11) is 3.92. The van der Waals surface area contributed by atoms with E-state index in [9.17, 15) is 10.1 Å². The molecule has 0 spiro atoms. The van der Waals surface area contributed by atoms with Crippen LogP contribution in [0.3, 0.4) is 0 Å². The number of aromatic nitrogens is 2. The largest absolute Gasteiger partial charge is 0.364 e. The molecule has 0 aliphatic carbocycles. The van der Waals surface area contributed by atoms with Crippen LogP contribution in [0.15, 0.2) is 6.33 Å². The topological polar surface area (TPSA) is 96.2 Å². The second-order valence-electron chi connectivity index (χ2n) is 5.27. The number of nitrogens with one attached hydrogen (secondary N) is 2. The third-order valence-corrected chi connectivity index (χ3v) is 3.25. The Morgan fingerprint density at radius 1 is 1.30 bits per heavy atom. The molecule has 0 saturated carbocycles. The van der Waals surface area contributed by atoms with Gasteiger partial charge in [0, 0.05) is 18.6 Å². The number of hydrogen-bond donors (Lipinski definition) is 2. The van der Waals surface area contributed by atoms with Crippen LogP contribution in [-0.2, 0) is 0 Å². The van der Waals surface area contributed by atoms with Crippen LogP contribution in [0, 0.1) is 10.1 Å². The first kappa shape index (κ1) is 16.1. The van der Waals surface area contributed by atoms with E-state index in [-0.39, 0.29) is 22.9 Å². The molecule has 1 heterocycles. The molecule has 0 aromatic carbocycles. The van der Waals surface area contributed by atoms with Crippen molar-refractivity contribution in [2.24, 2.45) is 0 Å². The summed E-state index contributed by atoms with van der Waals surface area (Å²) >= 11 is 0. The molecule has 0 bridgehead atoms. The van der Waals surface area contributed by atoms with Crippen LogP contribution >= 0.6 is 0 Å². The van der Waals surface area contributed by atoms with E-state index in [1.54, 1.807) is 0 Å². The number of rotatable bonds is 7. The molecule has 1 aromatic rings. The molecule has 0 unspecified atom stereocenters. The fourth-order valence-electron chi connectivity index (χ4n) is 1.44. The van der Waals surface area contributed by atoms with Crippen molar-refractivity contribution in [3.05, 3.63) is 16.4 Å². The average Bonchev–Trinajstić information content (AvgIpc) is 2.36. The molecule has 2 N–H and O–H groups in total. The summed E-state index contributed by atoms with van der Waals surface area (Å²) in [6.07, 6.45) is 1.32. The van der Waals surface area contributed by atoms with Crippen LogP contribution in [0.25, 0.3) is 0 Å². The zero-order valence-electron chi connectivity index (χ0n) is 12.6. The second-order valence-corrected chi connectivity index (χ2v) is 5.27. The lowest BCUT2D eigenvalue weighted by Crippen LogP contribution is -2.44. The summed E-state index contributed by atoms with van der Waals surface area (Å²) in [5.74, 6) is 0.466. The fraction of sp³-hybridized carbons (Fsp3) is 0.667. The van der Waals surface area contributed by atoms with E-state index in [1.807, 2.05) is 39.8 Å². The minimum Gasteiger partial charge on any atom is -0.364 e. The van der Waals surface area contributed by atoms with E-state index in [1.165, 1.54) is 6.33 Å². The molecule has 0 saturated heterocycles. The molecule has 0 radical (unpaired) electrons. The standard InChI is InChI=1S/C12H22N6O2/c1-6-13-10-9(18(19)20)11(16-8-15-10)14-7-12(2,3)17(4)5/h8H,6-7H2,1-5H3,(H2,13,14,15,16). The van der Waals surface area contributed by atoms with Gasteiger partial charge < -0.3 is 15.5 Å². The van der Waals surface area contributed by atoms with Gasteiger partial charge in [0.05, 0.1) is 4.92 Å². The Kier molecular flexibility index (Phi) is 5.20. The van der Waals surface area contributed by atoms with Gasteiger partial charge in [-0.05, 0) is 34.9 Å². The highest BCUT2D eigenvalue weighted by molar-refractivity contribution is 5.69. The van der Waals surface area contributed by atoms with Gasteiger partial charge in [0.2, 0.25) is 11.6 Å². The molecule has 20 heavy (non-hydrogen) atoms. The van der Waals surface area contributed by atoms with Gasteiger partial charge in [-0.15, -0.1) is 0 Å². The predicted molar refractivity (Wildman–Crippen MR) is 79.1 cm³/mol. The zero-order chi connectivity index (χ0) is 15.3. The Bertz CT molecular complexity index is 475. The van der Waals surface area contributed by atoms with Gasteiger partial charge in [-0.1, -0.05) is 0 Å². The summed E-state index contributed by atoms with van der Waals surface area (Å²) in [6, 6.07) is 0. The Labute approximate surface area is 118 Å². The summed E-state index contributed by atoms with van der Waals surface area (Å²) in [5.41, 5.74) is -0.277. The molecule has 0 fully saturated rings. The van der Waals surface area contributed by atoms with Crippen molar-refractivity contribution in [1.29, 1.82) is 0 Å². The van der Waals surface area contributed by atoms with Crippen LogP contribution in [0.5, 0.6) is 0 Å². The van der Waals surface area contributed by atoms with E-state index in [2.05, 4.69) is 20.6 Å². The second kappa shape index (κ2) is 6.47. The molecule has 1 aromatic heterocycles. The van der Waals surface area contributed by atoms with Crippen molar-refractivity contribution in [2.45, 2.75) is 26.3 Å². The van der Waals surface area contributed by atoms with Crippen molar-refractivity contribution in [3.8, 4) is 0 Å². The van der Waals surface area contributed by atoms with Crippen molar-refractivity contribution in [1.82, 2.24) is 14.9 Å². The molecule has 8 heteroatoms. The van der Waals surface area contributed by atoms with Crippen molar-refractivity contribution >= 4 is 17.3 Å². The first-order chi connectivity index (χ1) is 9.29. The molecule has 1 rings (SSSR count). The third-order valence-electron chi connectivity index (χ3n) is 3.25. The molecule has 0 atom stereocenters. The summed E-state index contributed by atoms with van der Waals surface area (Å²) in [6.45, 7) is 7.02. The maximum atomic E-state index is 11.2. The fourth-order valence-corrected chi connectivity index (χ4v) is 1.44. The highest BCUT2D eigenvalue weighted by atomic mass is 16.6. The smallest absolute Gasteiger partial charge is 0.353 e. The number of nitrogens with zero attached hydrogens (tertiary/aromatic N) is 4. The molecular formula is C12H22N6O2. The third kappa shape index (κ3) is 3.77. The van der Waals surface area contributed by atoms with Gasteiger partial charge in [-0.25, -0.2) is 9.97 Å². The highest BCUT2D eigenvalue weighted by Gasteiger charge is 2.25. The Morgan fingerprint density at radius 2 is 1.85 bits per heavy atom. The van der Waals surface area contributed by atoms with Crippen LogP contribution in [0.4, 0.5) is 17.3 Å². The van der Waals surface area contributed by atoms with Crippen molar-refractivity contribution in [2.75, 3.05) is 37.8 Å². The average molecular weight is 282 g/mol. The summed E-state index contributed by atoms with van der Waals surface area (Å²) in [5, 5.41) is 17.1. The van der Waals surface area contributed by atoms with E-state index in [4.69, 9.17) is 0 Å². The zero-order valence-corrected chi connectivity index (χ0v) is 12.6. The van der Waals surface area contributed by atoms with Crippen molar-refractivity contribution < 1.29 is 4.92 Å².